The van der Waals surface area contributed by atoms with Crippen molar-refractivity contribution in [2.75, 3.05) is 5.32 Å². The number of fused-ring (bicyclic) bond motifs is 1. The number of nitrogens with one attached hydrogen (secondary N) is 1. The van der Waals surface area contributed by atoms with Crippen molar-refractivity contribution in [3.05, 3.63) is 71.1 Å². The van der Waals surface area contributed by atoms with Crippen LogP contribution in [0.1, 0.15) is 67.7 Å². The number of carbonyl (C=O) groups excluding carboxylic acids is 1. The Morgan fingerprint density at radius 2 is 1.70 bits per heavy atom. The lowest BCUT2D eigenvalue weighted by Crippen LogP contribution is -2.17. The van der Waals surface area contributed by atoms with E-state index in [4.69, 9.17) is 4.98 Å². The number of allylic oxidation sites excluding steroid dienone is 6. The summed E-state index contributed by atoms with van der Waals surface area (Å²) in [6, 6.07) is 0. The van der Waals surface area contributed by atoms with Gasteiger partial charge >= 0.3 is 0 Å². The fourth-order valence-corrected chi connectivity index (χ4v) is 4.58. The van der Waals surface area contributed by atoms with E-state index in [1.54, 1.807) is 0 Å². The molecule has 0 saturated heterocycles. The topological polar surface area (TPSA) is 42.0 Å². The highest BCUT2D eigenvalue weighted by molar-refractivity contribution is 6.06. The Balaban J connectivity index is 1.65. The summed E-state index contributed by atoms with van der Waals surface area (Å²) in [4.78, 5) is 17.6. The Labute approximate surface area is 162 Å². The Morgan fingerprint density at radius 3 is 2.56 bits per heavy atom. The van der Waals surface area contributed by atoms with Crippen molar-refractivity contribution in [1.29, 1.82) is 0 Å². The van der Waals surface area contributed by atoms with Crippen LogP contribution in [0.4, 0.5) is 5.69 Å². The van der Waals surface area contributed by atoms with Gasteiger partial charge in [0.05, 0.1) is 11.9 Å². The van der Waals surface area contributed by atoms with E-state index in [-0.39, 0.29) is 5.91 Å². The van der Waals surface area contributed by atoms with Crippen LogP contribution < -0.4 is 5.32 Å². The second-order valence-electron chi connectivity index (χ2n) is 7.76. The predicted molar refractivity (Wildman–Crippen MR) is 111 cm³/mol. The van der Waals surface area contributed by atoms with Crippen molar-refractivity contribution in [2.24, 2.45) is 0 Å². The van der Waals surface area contributed by atoms with Crippen molar-refractivity contribution >= 4 is 11.6 Å². The summed E-state index contributed by atoms with van der Waals surface area (Å²) < 4.78 is 0. The van der Waals surface area contributed by atoms with Crippen molar-refractivity contribution < 1.29 is 4.79 Å². The quantitative estimate of drug-likeness (QED) is 0.718. The summed E-state index contributed by atoms with van der Waals surface area (Å²) in [5.41, 5.74) is 5.67. The maximum Gasteiger partial charge on any atom is 0.255 e. The standard InChI is InChI=1S/C24H28N2O/c27-24(19-13-8-2-1-3-9-14-19)26-22-17-25-21-16-10-15-20(21)23(22)18-11-6-4-5-7-12-18/h1-3,8-9,13-14,17-18H,4-7,10-12,15-16H2,(H,26,27)/b2-1-,3-1?,8-2?,9-3-,13-8-,14-9?,19-13?,19-14+. The highest BCUT2D eigenvalue weighted by Crippen LogP contribution is 2.40. The molecule has 0 bridgehead atoms. The zero-order valence-corrected chi connectivity index (χ0v) is 15.9. The van der Waals surface area contributed by atoms with E-state index < -0.39 is 0 Å². The van der Waals surface area contributed by atoms with Crippen LogP contribution in [0.2, 0.25) is 0 Å². The Hall–Kier alpha value is -2.42. The number of aryl methyl sites for hydroxylation is 1. The van der Waals surface area contributed by atoms with E-state index in [0.717, 1.165) is 18.5 Å². The van der Waals surface area contributed by atoms with Gasteiger partial charge in [-0.05, 0) is 61.3 Å². The highest BCUT2D eigenvalue weighted by atomic mass is 16.1. The fraction of sp³-hybridized carbons (Fsp3) is 0.417. The molecular formula is C24H28N2O. The average molecular weight is 361 g/mol. The maximum atomic E-state index is 12.9. The molecule has 1 fully saturated rings. The Bertz CT molecular complexity index is 821. The number of aromatic nitrogens is 1. The van der Waals surface area contributed by atoms with Gasteiger partial charge in [-0.25, -0.2) is 0 Å². The molecule has 0 unspecified atom stereocenters. The molecule has 3 heteroatoms. The first-order valence-electron chi connectivity index (χ1n) is 10.4. The summed E-state index contributed by atoms with van der Waals surface area (Å²) in [5.74, 6) is 0.503. The Kier molecular flexibility index (Phi) is 5.66. The van der Waals surface area contributed by atoms with E-state index in [0.29, 0.717) is 11.5 Å². The van der Waals surface area contributed by atoms with Crippen LogP contribution in [0, 0.1) is 0 Å². The molecule has 0 aromatic carbocycles. The minimum absolute atomic E-state index is 0.0548. The molecular weight excluding hydrogens is 332 g/mol. The maximum absolute atomic E-state index is 12.9. The average Bonchev–Trinajstić information content (AvgIpc) is 2.95. The first kappa shape index (κ1) is 18.0. The molecule has 0 radical (unpaired) electrons. The molecule has 4 rings (SSSR count). The van der Waals surface area contributed by atoms with Crippen LogP contribution in [-0.4, -0.2) is 10.9 Å². The third-order valence-electron chi connectivity index (χ3n) is 5.92. The Morgan fingerprint density at radius 1 is 0.926 bits per heavy atom. The third-order valence-corrected chi connectivity index (χ3v) is 5.92. The first-order valence-corrected chi connectivity index (χ1v) is 10.4. The SMILES string of the molecule is O=C(Nc1cnc2c(c1C1CCCCCC1)CCC2)C1=C/C=C\C=C/C=C\1. The number of nitrogens with zero attached hydrogens (tertiary/aromatic N) is 1. The van der Waals surface area contributed by atoms with E-state index in [2.05, 4.69) is 5.32 Å². The van der Waals surface area contributed by atoms with E-state index >= 15 is 0 Å². The molecule has 1 N–H and O–H groups in total. The van der Waals surface area contributed by atoms with Crippen LogP contribution in [0.15, 0.2) is 54.3 Å². The van der Waals surface area contributed by atoms with Gasteiger partial charge in [0.25, 0.3) is 5.91 Å². The molecule has 1 aromatic heterocycles. The lowest BCUT2D eigenvalue weighted by molar-refractivity contribution is -0.112. The molecule has 0 atom stereocenters. The number of carbonyl (C=O) groups is 1. The molecule has 3 nitrogen and oxygen atoms in total. The third kappa shape index (κ3) is 4.13. The van der Waals surface area contributed by atoms with Crippen LogP contribution in [0.5, 0.6) is 0 Å². The smallest absolute Gasteiger partial charge is 0.255 e. The summed E-state index contributed by atoms with van der Waals surface area (Å²) in [7, 11) is 0. The lowest BCUT2D eigenvalue weighted by atomic mass is 9.87. The highest BCUT2D eigenvalue weighted by Gasteiger charge is 2.26. The number of rotatable bonds is 3. The normalized spacial score (nSPS) is 25.3. The largest absolute Gasteiger partial charge is 0.320 e. The van der Waals surface area contributed by atoms with Crippen molar-refractivity contribution in [3.63, 3.8) is 0 Å². The molecule has 0 spiro atoms. The molecule has 140 valence electrons. The van der Waals surface area contributed by atoms with Gasteiger partial charge < -0.3 is 5.32 Å². The monoisotopic (exact) mass is 360 g/mol. The molecule has 1 aromatic rings. The van der Waals surface area contributed by atoms with E-state index in [9.17, 15) is 4.79 Å². The molecule has 3 aliphatic rings. The zero-order chi connectivity index (χ0) is 18.5. The van der Waals surface area contributed by atoms with Crippen molar-refractivity contribution in [3.8, 4) is 0 Å². The second-order valence-corrected chi connectivity index (χ2v) is 7.76. The number of pyridine rings is 1. The van der Waals surface area contributed by atoms with Crippen LogP contribution in [-0.2, 0) is 17.6 Å². The van der Waals surface area contributed by atoms with Crippen LogP contribution >= 0.6 is 0 Å². The zero-order valence-electron chi connectivity index (χ0n) is 15.9. The van der Waals surface area contributed by atoms with E-state index in [1.807, 2.05) is 48.7 Å². The molecule has 27 heavy (non-hydrogen) atoms. The van der Waals surface area contributed by atoms with Crippen molar-refractivity contribution in [1.82, 2.24) is 4.98 Å². The van der Waals surface area contributed by atoms with Gasteiger partial charge in [-0.1, -0.05) is 56.1 Å². The number of anilines is 1. The van der Waals surface area contributed by atoms with Gasteiger partial charge in [-0.2, -0.15) is 0 Å². The predicted octanol–water partition coefficient (Wildman–Crippen LogP) is 5.56. The van der Waals surface area contributed by atoms with Crippen LogP contribution in [0.3, 0.4) is 0 Å². The van der Waals surface area contributed by atoms with Gasteiger partial charge in [0.1, 0.15) is 0 Å². The summed E-state index contributed by atoms with van der Waals surface area (Å²) >= 11 is 0. The van der Waals surface area contributed by atoms with Gasteiger partial charge in [-0.3, -0.25) is 9.78 Å². The van der Waals surface area contributed by atoms with Crippen molar-refractivity contribution in [2.45, 2.75) is 63.7 Å². The minimum Gasteiger partial charge on any atom is -0.320 e. The van der Waals surface area contributed by atoms with Gasteiger partial charge in [0, 0.05) is 11.3 Å². The molecule has 1 amide bonds. The fourth-order valence-electron chi connectivity index (χ4n) is 4.58. The molecule has 3 aliphatic carbocycles. The molecule has 0 aliphatic heterocycles. The summed E-state index contributed by atoms with van der Waals surface area (Å²) in [6.45, 7) is 0. The van der Waals surface area contributed by atoms with Gasteiger partial charge in [0.2, 0.25) is 0 Å². The lowest BCUT2D eigenvalue weighted by Gasteiger charge is -2.22. The summed E-state index contributed by atoms with van der Waals surface area (Å²) in [6.07, 6.45) is 26.4. The number of hydrogen-bond donors (Lipinski definition) is 1. The summed E-state index contributed by atoms with van der Waals surface area (Å²) in [5, 5.41) is 3.20. The second kappa shape index (κ2) is 8.51. The van der Waals surface area contributed by atoms with Gasteiger partial charge in [0.15, 0.2) is 0 Å². The van der Waals surface area contributed by atoms with Crippen LogP contribution in [0.25, 0.3) is 0 Å². The minimum atomic E-state index is -0.0548. The molecule has 1 heterocycles. The number of amides is 1. The number of hydrogen-bond acceptors (Lipinski definition) is 2. The molecule has 1 saturated carbocycles. The van der Waals surface area contributed by atoms with Gasteiger partial charge in [-0.15, -0.1) is 0 Å². The van der Waals surface area contributed by atoms with E-state index in [1.165, 1.54) is 61.8 Å². The first-order chi connectivity index (χ1) is 13.3.